The molecule has 9 atom stereocenters. The second-order valence-electron chi connectivity index (χ2n) is 22.0. The van der Waals surface area contributed by atoms with Crippen molar-refractivity contribution in [2.45, 2.75) is 251 Å². The largest absolute Gasteiger partial charge is 0.462 e. The van der Waals surface area contributed by atoms with Crippen LogP contribution in [-0.2, 0) is 38.1 Å². The van der Waals surface area contributed by atoms with Crippen LogP contribution in [0, 0.1) is 28.6 Å². The van der Waals surface area contributed by atoms with E-state index in [2.05, 4.69) is 39.5 Å². The van der Waals surface area contributed by atoms with Crippen molar-refractivity contribution < 1.29 is 48.3 Å². The summed E-state index contributed by atoms with van der Waals surface area (Å²) in [6, 6.07) is 0. The minimum Gasteiger partial charge on any atom is -0.462 e. The molecule has 0 aromatic rings. The number of hydrogen-bond acceptors (Lipinski definition) is 11. The summed E-state index contributed by atoms with van der Waals surface area (Å²) in [7, 11) is 0. The molecule has 0 radical (unpaired) electrons. The summed E-state index contributed by atoms with van der Waals surface area (Å²) in [6.45, 7) is 13.1. The van der Waals surface area contributed by atoms with Crippen LogP contribution >= 0.6 is 0 Å². The smallest absolute Gasteiger partial charge is 0.306 e. The fourth-order valence-corrected chi connectivity index (χ4v) is 13.3. The van der Waals surface area contributed by atoms with E-state index in [1.807, 2.05) is 6.08 Å². The first-order chi connectivity index (χ1) is 32.9. The van der Waals surface area contributed by atoms with Crippen molar-refractivity contribution in [1.82, 2.24) is 4.90 Å². The topological polar surface area (TPSA) is 149 Å². The number of aliphatic hydroxyl groups excluding tert-OH is 2. The van der Waals surface area contributed by atoms with Crippen molar-refractivity contribution >= 4 is 23.5 Å². The van der Waals surface area contributed by atoms with E-state index in [1.165, 1.54) is 64.2 Å². The van der Waals surface area contributed by atoms with Crippen LogP contribution in [0.2, 0.25) is 0 Å². The molecule has 11 heteroatoms. The molecule has 4 aliphatic carbocycles. The Bertz CT molecular complexity index is 1610. The summed E-state index contributed by atoms with van der Waals surface area (Å²) in [5.74, 6) is -0.654. The van der Waals surface area contributed by atoms with Crippen LogP contribution in [-0.4, -0.2) is 102 Å². The van der Waals surface area contributed by atoms with Crippen LogP contribution in [0.4, 0.5) is 0 Å². The average molecular weight is 954 g/mol. The van der Waals surface area contributed by atoms with Crippen LogP contribution in [0.15, 0.2) is 23.8 Å². The van der Waals surface area contributed by atoms with Gasteiger partial charge in [0.1, 0.15) is 6.10 Å². The lowest BCUT2D eigenvalue weighted by atomic mass is 9.46. The van der Waals surface area contributed by atoms with E-state index in [4.69, 9.17) is 18.9 Å². The molecule has 5 aliphatic rings. The van der Waals surface area contributed by atoms with Crippen molar-refractivity contribution in [3.05, 3.63) is 23.8 Å². The highest BCUT2D eigenvalue weighted by atomic mass is 16.7. The Hall–Kier alpha value is -2.44. The second kappa shape index (κ2) is 28.6. The van der Waals surface area contributed by atoms with Crippen molar-refractivity contribution in [1.29, 1.82) is 0 Å². The molecule has 9 unspecified atom stereocenters. The lowest BCUT2D eigenvalue weighted by Crippen LogP contribution is -2.63. The number of esters is 2. The maximum absolute atomic E-state index is 14.6. The maximum atomic E-state index is 14.6. The third kappa shape index (κ3) is 14.8. The van der Waals surface area contributed by atoms with Crippen molar-refractivity contribution in [2.24, 2.45) is 28.6 Å². The molecule has 5 rings (SSSR count). The van der Waals surface area contributed by atoms with Crippen molar-refractivity contribution in [3.63, 3.8) is 0 Å². The summed E-state index contributed by atoms with van der Waals surface area (Å²) in [5, 5.41) is 21.5. The van der Waals surface area contributed by atoms with Gasteiger partial charge in [-0.25, -0.2) is 0 Å². The molecule has 4 fully saturated rings. The zero-order valence-corrected chi connectivity index (χ0v) is 43.4. The fraction of sp³-hybridized carbons (Fsp3) is 0.860. The van der Waals surface area contributed by atoms with Gasteiger partial charge < -0.3 is 34.1 Å². The van der Waals surface area contributed by atoms with Gasteiger partial charge in [-0.15, -0.1) is 0 Å². The first-order valence-corrected chi connectivity index (χ1v) is 28.0. The lowest BCUT2D eigenvalue weighted by Gasteiger charge is -2.59. The number of ketones is 2. The first kappa shape index (κ1) is 56.5. The van der Waals surface area contributed by atoms with Gasteiger partial charge in [0.05, 0.1) is 12.2 Å². The first-order valence-electron chi connectivity index (χ1n) is 28.0. The molecule has 1 aliphatic heterocycles. The molecule has 0 amide bonds. The number of carbonyl (C=O) groups is 4. The Labute approximate surface area is 411 Å². The number of aliphatic hydroxyl groups is 2. The molecule has 68 heavy (non-hydrogen) atoms. The summed E-state index contributed by atoms with van der Waals surface area (Å²) in [5.41, 5.74) is -1.38. The average Bonchev–Trinajstić information content (AvgIpc) is 3.80. The van der Waals surface area contributed by atoms with Crippen LogP contribution in [0.1, 0.15) is 221 Å². The number of unbranched alkanes of at least 4 members (excludes halogenated alkanes) is 14. The number of Topliss-reactive ketones (excluding diaryl/α,β-unsaturated/α-hetero) is 1. The normalized spacial score (nSPS) is 29.4. The number of rotatable bonds is 35. The van der Waals surface area contributed by atoms with Crippen molar-refractivity contribution in [3.8, 4) is 0 Å². The van der Waals surface area contributed by atoms with Gasteiger partial charge in [0.25, 0.3) is 0 Å². The number of ether oxygens (including phenoxy) is 4. The molecule has 1 heterocycles. The molecule has 2 N–H and O–H groups in total. The van der Waals surface area contributed by atoms with E-state index in [-0.39, 0.29) is 61.0 Å². The number of allylic oxidation sites excluding steroid dienone is 4. The Kier molecular flexibility index (Phi) is 23.7. The molecule has 0 aromatic carbocycles. The summed E-state index contributed by atoms with van der Waals surface area (Å²) >= 11 is 0. The third-order valence-corrected chi connectivity index (χ3v) is 17.0. The molecular weight excluding hydrogens is 859 g/mol. The van der Waals surface area contributed by atoms with E-state index in [9.17, 15) is 29.4 Å². The summed E-state index contributed by atoms with van der Waals surface area (Å²) < 4.78 is 25.1. The predicted molar refractivity (Wildman–Crippen MR) is 268 cm³/mol. The Morgan fingerprint density at radius 1 is 0.794 bits per heavy atom. The van der Waals surface area contributed by atoms with Gasteiger partial charge >= 0.3 is 11.9 Å². The minimum atomic E-state index is -1.32. The molecule has 0 aromatic heterocycles. The van der Waals surface area contributed by atoms with Crippen LogP contribution in [0.5, 0.6) is 0 Å². The molecule has 388 valence electrons. The molecule has 0 spiro atoms. The SMILES string of the molecule is CCCCCCCCC(CCCCCCCC)OC(=O)CCCCCN(CCCCO)CCCCC(=O)OCC(=O)C12OC(CCC)OC1CC1C3CCC4=CC(=O)C=CC4(C)C3C(O)CC12C. The highest BCUT2D eigenvalue weighted by Gasteiger charge is 2.76. The Morgan fingerprint density at radius 3 is 2.06 bits per heavy atom. The van der Waals surface area contributed by atoms with Gasteiger partial charge in [-0.3, -0.25) is 19.2 Å². The zero-order chi connectivity index (χ0) is 49.0. The lowest BCUT2D eigenvalue weighted by molar-refractivity contribution is -0.201. The van der Waals surface area contributed by atoms with E-state index < -0.39 is 40.9 Å². The fourth-order valence-electron chi connectivity index (χ4n) is 13.3. The second-order valence-corrected chi connectivity index (χ2v) is 22.0. The number of nitrogens with zero attached hydrogens (tertiary/aromatic N) is 1. The zero-order valence-electron chi connectivity index (χ0n) is 43.4. The van der Waals surface area contributed by atoms with E-state index in [0.29, 0.717) is 32.1 Å². The highest BCUT2D eigenvalue weighted by molar-refractivity contribution is 6.01. The maximum Gasteiger partial charge on any atom is 0.306 e. The van der Waals surface area contributed by atoms with Crippen LogP contribution in [0.3, 0.4) is 0 Å². The number of carbonyl (C=O) groups excluding carboxylic acids is 4. The van der Waals surface area contributed by atoms with Crippen LogP contribution < -0.4 is 0 Å². The Morgan fingerprint density at radius 2 is 1.40 bits per heavy atom. The molecule has 1 saturated heterocycles. The summed E-state index contributed by atoms with van der Waals surface area (Å²) in [6.07, 6.45) is 31.1. The molecule has 0 bridgehead atoms. The summed E-state index contributed by atoms with van der Waals surface area (Å²) in [4.78, 5) is 55.6. The standard InChI is InChI=1S/C57H95NO10/c1-6-9-11-13-15-18-27-45(28-19-16-14-12-10-7-2)66-52(64)30-20-17-22-35-58(37-24-25-38-59)36-23-21-29-51(63)65-42-49(62)57-50(67-53(68-57)26-8-3)40-47-46-32-31-43-39-44(60)33-34-55(43,4)54(46)48(61)41-56(47,57)5/h33-34,39,45-48,50,53-54,59,61H,6-32,35-38,40-42H2,1-5H3. The predicted octanol–water partition coefficient (Wildman–Crippen LogP) is 11.5. The quantitative estimate of drug-likeness (QED) is 0.0462. The van der Waals surface area contributed by atoms with Gasteiger partial charge in [-0.1, -0.05) is 123 Å². The molecule has 11 nitrogen and oxygen atoms in total. The minimum absolute atomic E-state index is 0.000618. The highest BCUT2D eigenvalue weighted by Crippen LogP contribution is 2.69. The van der Waals surface area contributed by atoms with Gasteiger partial charge in [0.15, 0.2) is 24.3 Å². The van der Waals surface area contributed by atoms with E-state index >= 15 is 0 Å². The van der Waals surface area contributed by atoms with Gasteiger partial charge in [0.2, 0.25) is 5.78 Å². The number of fused-ring (bicyclic) bond motifs is 7. The van der Waals surface area contributed by atoms with Crippen molar-refractivity contribution in [2.75, 3.05) is 32.8 Å². The van der Waals surface area contributed by atoms with Gasteiger partial charge in [0, 0.05) is 36.2 Å². The van der Waals surface area contributed by atoms with E-state index in [0.717, 1.165) is 109 Å². The molecule has 3 saturated carbocycles. The number of hydrogen-bond donors (Lipinski definition) is 2. The van der Waals surface area contributed by atoms with Gasteiger partial charge in [-0.2, -0.15) is 0 Å². The van der Waals surface area contributed by atoms with Crippen LogP contribution in [0.25, 0.3) is 0 Å². The molecular formula is C57H95NO10. The van der Waals surface area contributed by atoms with E-state index in [1.54, 1.807) is 12.2 Å². The Balaban J connectivity index is 1.05. The monoisotopic (exact) mass is 954 g/mol. The third-order valence-electron chi connectivity index (χ3n) is 17.0. The van der Waals surface area contributed by atoms with Gasteiger partial charge in [-0.05, 0) is 140 Å².